The third-order valence-electron chi connectivity index (χ3n) is 6.78. The van der Waals surface area contributed by atoms with Crippen molar-refractivity contribution in [2.45, 2.75) is 37.4 Å². The van der Waals surface area contributed by atoms with E-state index in [1.807, 2.05) is 4.90 Å². The minimum atomic E-state index is -4.72. The van der Waals surface area contributed by atoms with Gasteiger partial charge in [-0.15, -0.1) is 11.3 Å². The Kier molecular flexibility index (Phi) is 10.1. The molecule has 15 heteroatoms. The maximum Gasteiger partial charge on any atom is 0.422 e. The van der Waals surface area contributed by atoms with Crippen molar-refractivity contribution in [3.05, 3.63) is 52.2 Å². The Morgan fingerprint density at radius 2 is 1.89 bits per heavy atom. The average molecular weight is 649 g/mol. The van der Waals surface area contributed by atoms with Gasteiger partial charge in [-0.25, -0.2) is 8.78 Å². The smallest absolute Gasteiger partial charge is 0.422 e. The minimum absolute atomic E-state index is 0.0657. The lowest BCUT2D eigenvalue weighted by Crippen LogP contribution is -2.46. The number of anilines is 2. The maximum absolute atomic E-state index is 14.7. The summed E-state index contributed by atoms with van der Waals surface area (Å²) in [6.07, 6.45) is -11.2. The van der Waals surface area contributed by atoms with Crippen LogP contribution < -0.4 is 20.7 Å². The van der Waals surface area contributed by atoms with Crippen LogP contribution in [0, 0.1) is 17.7 Å². The van der Waals surface area contributed by atoms with Crippen molar-refractivity contribution < 1.29 is 44.7 Å². The van der Waals surface area contributed by atoms with Crippen molar-refractivity contribution in [1.82, 2.24) is 10.2 Å². The van der Waals surface area contributed by atoms with Crippen LogP contribution in [0.1, 0.15) is 27.2 Å². The number of amides is 1. The number of piperidine rings is 1. The lowest BCUT2D eigenvalue weighted by atomic mass is 10.0. The molecule has 2 atom stereocenters. The second-order valence-corrected chi connectivity index (χ2v) is 11.2. The predicted molar refractivity (Wildman–Crippen MR) is 153 cm³/mol. The lowest BCUT2D eigenvalue weighted by molar-refractivity contribution is -0.153. The summed E-state index contributed by atoms with van der Waals surface area (Å²) in [5.74, 6) is 2.92. The Morgan fingerprint density at radius 3 is 2.55 bits per heavy atom. The van der Waals surface area contributed by atoms with E-state index in [9.17, 15) is 39.9 Å². The molecule has 1 saturated heterocycles. The van der Waals surface area contributed by atoms with E-state index in [1.54, 1.807) is 19.2 Å². The van der Waals surface area contributed by atoms with E-state index in [0.717, 1.165) is 23.5 Å². The highest BCUT2D eigenvalue weighted by Gasteiger charge is 2.32. The molecule has 2 heterocycles. The highest BCUT2D eigenvalue weighted by atomic mass is 32.1. The topological polar surface area (TPSA) is 65.6 Å². The molecule has 2 unspecified atom stereocenters. The standard InChI is InChI=1S/C29H28F8N4O2S/c1-38-27(42)17-11-24(43-15-29(35,36)37)23(12-19(17)30)39-9-4-7-25-18(13-28(32,33)34)16-5-3-6-22(26(16)44-25)40-21-8-10-41(2)14-20(21)31/h3,5-6,11-12,20-21,39-40H,8-10,13-15H2,1-2H3,(H,38,42). The second-order valence-electron chi connectivity index (χ2n) is 10.2. The van der Waals surface area contributed by atoms with Gasteiger partial charge in [-0.2, -0.15) is 26.3 Å². The van der Waals surface area contributed by atoms with Gasteiger partial charge in [0.1, 0.15) is 17.7 Å². The Hall–Kier alpha value is -3.77. The van der Waals surface area contributed by atoms with E-state index in [-0.39, 0.29) is 29.2 Å². The fourth-order valence-corrected chi connectivity index (χ4v) is 5.89. The fraction of sp³-hybridized carbons (Fsp3) is 0.414. The highest BCUT2D eigenvalue weighted by molar-refractivity contribution is 7.20. The minimum Gasteiger partial charge on any atom is -0.482 e. The molecule has 6 nitrogen and oxygen atoms in total. The maximum atomic E-state index is 14.7. The zero-order valence-electron chi connectivity index (χ0n) is 23.5. The van der Waals surface area contributed by atoms with Crippen molar-refractivity contribution in [3.63, 3.8) is 0 Å². The van der Waals surface area contributed by atoms with E-state index in [0.29, 0.717) is 28.7 Å². The van der Waals surface area contributed by atoms with Crippen LogP contribution in [-0.2, 0) is 6.42 Å². The fourth-order valence-electron chi connectivity index (χ4n) is 4.72. The largest absolute Gasteiger partial charge is 0.482 e. The number of ether oxygens (including phenoxy) is 1. The molecule has 0 radical (unpaired) electrons. The van der Waals surface area contributed by atoms with Gasteiger partial charge in [-0.3, -0.25) is 4.79 Å². The zero-order chi connectivity index (χ0) is 32.2. The summed E-state index contributed by atoms with van der Waals surface area (Å²) in [5.41, 5.74) is -0.375. The quantitative estimate of drug-likeness (QED) is 0.196. The van der Waals surface area contributed by atoms with Crippen LogP contribution in [0.2, 0.25) is 0 Å². The third-order valence-corrected chi connectivity index (χ3v) is 7.98. The molecular formula is C29H28F8N4O2S. The number of rotatable bonds is 8. The molecule has 1 amide bonds. The molecule has 44 heavy (non-hydrogen) atoms. The molecule has 1 aromatic heterocycles. The number of alkyl halides is 7. The van der Waals surface area contributed by atoms with Crippen molar-refractivity contribution >= 4 is 38.7 Å². The first-order chi connectivity index (χ1) is 20.6. The van der Waals surface area contributed by atoms with Gasteiger partial charge in [-0.05, 0) is 36.6 Å². The monoisotopic (exact) mass is 648 g/mol. The number of thiophene rings is 1. The van der Waals surface area contributed by atoms with Crippen LogP contribution in [0.25, 0.3) is 10.1 Å². The number of hydrogen-bond donors (Lipinski definition) is 3. The first-order valence-corrected chi connectivity index (χ1v) is 14.1. The van der Waals surface area contributed by atoms with Gasteiger partial charge in [0.05, 0.1) is 45.5 Å². The van der Waals surface area contributed by atoms with Crippen molar-refractivity contribution in [1.29, 1.82) is 0 Å². The van der Waals surface area contributed by atoms with Crippen LogP contribution in [0.5, 0.6) is 5.75 Å². The molecule has 0 bridgehead atoms. The summed E-state index contributed by atoms with van der Waals surface area (Å²) in [5, 5.41) is 8.24. The van der Waals surface area contributed by atoms with Crippen molar-refractivity contribution in [2.24, 2.45) is 0 Å². The molecule has 1 aliphatic rings. The number of carbonyl (C=O) groups is 1. The normalized spacial score (nSPS) is 17.6. The number of nitrogens with zero attached hydrogens (tertiary/aromatic N) is 1. The molecule has 1 fully saturated rings. The van der Waals surface area contributed by atoms with Crippen molar-refractivity contribution in [2.75, 3.05) is 51.0 Å². The molecule has 1 aliphatic heterocycles. The molecule has 3 aromatic rings. The van der Waals surface area contributed by atoms with Crippen LogP contribution in [0.4, 0.5) is 46.5 Å². The summed E-state index contributed by atoms with van der Waals surface area (Å²) in [7, 11) is 3.02. The van der Waals surface area contributed by atoms with Crippen LogP contribution in [0.15, 0.2) is 30.3 Å². The Balaban J connectivity index is 1.62. The molecule has 3 N–H and O–H groups in total. The highest BCUT2D eigenvalue weighted by Crippen LogP contribution is 2.39. The van der Waals surface area contributed by atoms with Gasteiger partial charge in [0.15, 0.2) is 6.61 Å². The van der Waals surface area contributed by atoms with Gasteiger partial charge < -0.3 is 25.6 Å². The van der Waals surface area contributed by atoms with Crippen LogP contribution in [0.3, 0.4) is 0 Å². The van der Waals surface area contributed by atoms with Gasteiger partial charge in [0.2, 0.25) is 0 Å². The number of halogens is 8. The molecule has 0 spiro atoms. The Labute approximate surface area is 251 Å². The molecule has 0 saturated carbocycles. The van der Waals surface area contributed by atoms with E-state index >= 15 is 0 Å². The summed E-state index contributed by atoms with van der Waals surface area (Å²) < 4.78 is 114. The molecule has 0 aliphatic carbocycles. The first-order valence-electron chi connectivity index (χ1n) is 13.3. The average Bonchev–Trinajstić information content (AvgIpc) is 3.27. The lowest BCUT2D eigenvalue weighted by Gasteiger charge is -2.33. The predicted octanol–water partition coefficient (Wildman–Crippen LogP) is 6.36. The van der Waals surface area contributed by atoms with Gasteiger partial charge in [-0.1, -0.05) is 24.0 Å². The van der Waals surface area contributed by atoms with Gasteiger partial charge >= 0.3 is 12.4 Å². The van der Waals surface area contributed by atoms with Crippen LogP contribution in [-0.4, -0.2) is 75.7 Å². The van der Waals surface area contributed by atoms with E-state index in [1.165, 1.54) is 13.1 Å². The summed E-state index contributed by atoms with van der Waals surface area (Å²) >= 11 is 1.00. The molecular weight excluding hydrogens is 620 g/mol. The van der Waals surface area contributed by atoms with E-state index in [4.69, 9.17) is 4.74 Å². The van der Waals surface area contributed by atoms with E-state index in [2.05, 4.69) is 27.8 Å². The number of carbonyl (C=O) groups excluding carboxylic acids is 1. The van der Waals surface area contributed by atoms with Gasteiger partial charge in [0, 0.05) is 26.2 Å². The Morgan fingerprint density at radius 1 is 1.14 bits per heavy atom. The number of benzene rings is 2. The number of fused-ring (bicyclic) bond motifs is 1. The number of nitrogens with one attached hydrogen (secondary N) is 3. The SMILES string of the molecule is CNC(=O)c1cc(OCC(F)(F)F)c(NCC#Cc2sc3c(NC4CCN(C)CC4F)cccc3c2CC(F)(F)F)cc1F. The number of likely N-dealkylation sites (tertiary alicyclic amines) is 1. The molecule has 4 rings (SSSR count). The molecule has 238 valence electrons. The first kappa shape index (κ1) is 33.1. The van der Waals surface area contributed by atoms with Crippen molar-refractivity contribution in [3.8, 4) is 17.6 Å². The summed E-state index contributed by atoms with van der Waals surface area (Å²) in [6.45, 7) is -1.15. The van der Waals surface area contributed by atoms with Gasteiger partial charge in [0.25, 0.3) is 5.91 Å². The second kappa shape index (κ2) is 13.5. The summed E-state index contributed by atoms with van der Waals surface area (Å²) in [6, 6.07) is 5.84. The number of hydrogen-bond acceptors (Lipinski definition) is 6. The Bertz CT molecular complexity index is 1560. The third kappa shape index (κ3) is 8.44. The summed E-state index contributed by atoms with van der Waals surface area (Å²) in [4.78, 5) is 13.9. The van der Waals surface area contributed by atoms with Crippen LogP contribution >= 0.6 is 11.3 Å². The molecule has 2 aromatic carbocycles. The zero-order valence-corrected chi connectivity index (χ0v) is 24.3. The van der Waals surface area contributed by atoms with E-state index < -0.39 is 60.6 Å².